The number of rotatable bonds is 7. The molecule has 0 saturated carbocycles. The predicted molar refractivity (Wildman–Crippen MR) is 58.6 cm³/mol. The minimum atomic E-state index is 0.256. The Morgan fingerprint density at radius 2 is 1.46 bits per heavy atom. The van der Waals surface area contributed by atoms with Crippen molar-refractivity contribution in [3.63, 3.8) is 0 Å². The molecule has 0 aromatic rings. The molecule has 0 rings (SSSR count). The first-order valence-corrected chi connectivity index (χ1v) is 4.99. The lowest BCUT2D eigenvalue weighted by Gasteiger charge is -1.86. The molecule has 1 heteroatoms. The van der Waals surface area contributed by atoms with E-state index in [-0.39, 0.29) is 6.61 Å². The molecule has 0 unspecified atom stereocenters. The van der Waals surface area contributed by atoms with E-state index in [1.54, 1.807) is 0 Å². The largest absolute Gasteiger partial charge is 0.396 e. The van der Waals surface area contributed by atoms with E-state index in [1.807, 2.05) is 6.08 Å². The standard InChI is InChI=1S/C12H20O/c1-2-3-4-5-6-7-8-9-10-11-12-13/h3-6,9-10,13H,2,7-8,11-12H2,1H3/b4-3-,6-5-,10-9-. The maximum atomic E-state index is 8.49. The molecule has 0 aromatic carbocycles. The summed E-state index contributed by atoms with van der Waals surface area (Å²) in [5.41, 5.74) is 0. The monoisotopic (exact) mass is 180 g/mol. The third-order valence-electron chi connectivity index (χ3n) is 1.58. The fourth-order valence-electron chi connectivity index (χ4n) is 0.892. The van der Waals surface area contributed by atoms with Gasteiger partial charge in [0.15, 0.2) is 0 Å². The molecule has 74 valence electrons. The minimum absolute atomic E-state index is 0.256. The van der Waals surface area contributed by atoms with Crippen LogP contribution in [0.3, 0.4) is 0 Å². The molecule has 1 N–H and O–H groups in total. The van der Waals surface area contributed by atoms with Gasteiger partial charge < -0.3 is 5.11 Å². The highest BCUT2D eigenvalue weighted by molar-refractivity contribution is 5.02. The fourth-order valence-corrected chi connectivity index (χ4v) is 0.892. The number of hydrogen-bond acceptors (Lipinski definition) is 1. The number of aliphatic hydroxyl groups excluding tert-OH is 1. The van der Waals surface area contributed by atoms with Gasteiger partial charge in [0, 0.05) is 6.61 Å². The molecule has 0 amide bonds. The molecule has 0 saturated heterocycles. The summed E-state index contributed by atoms with van der Waals surface area (Å²) in [4.78, 5) is 0. The SMILES string of the molecule is CC/C=C\C=C/CC/C=C\CCO. The Morgan fingerprint density at radius 1 is 0.846 bits per heavy atom. The summed E-state index contributed by atoms with van der Waals surface area (Å²) < 4.78 is 0. The molecule has 0 fully saturated rings. The number of aliphatic hydroxyl groups is 1. The van der Waals surface area contributed by atoms with Crippen molar-refractivity contribution in [3.05, 3.63) is 36.5 Å². The van der Waals surface area contributed by atoms with E-state index in [2.05, 4.69) is 37.3 Å². The van der Waals surface area contributed by atoms with Gasteiger partial charge in [-0.3, -0.25) is 0 Å². The average molecular weight is 180 g/mol. The van der Waals surface area contributed by atoms with E-state index >= 15 is 0 Å². The molecule has 13 heavy (non-hydrogen) atoms. The maximum Gasteiger partial charge on any atom is 0.0465 e. The zero-order chi connectivity index (χ0) is 9.78. The van der Waals surface area contributed by atoms with Gasteiger partial charge in [0.05, 0.1) is 0 Å². The molecule has 0 radical (unpaired) electrons. The summed E-state index contributed by atoms with van der Waals surface area (Å²) in [6.45, 7) is 2.38. The van der Waals surface area contributed by atoms with Crippen molar-refractivity contribution in [2.24, 2.45) is 0 Å². The minimum Gasteiger partial charge on any atom is -0.396 e. The van der Waals surface area contributed by atoms with E-state index in [1.165, 1.54) is 0 Å². The molecule has 1 nitrogen and oxygen atoms in total. The molecule has 0 spiro atoms. The smallest absolute Gasteiger partial charge is 0.0465 e. The average Bonchev–Trinajstić information content (AvgIpc) is 2.16. The van der Waals surface area contributed by atoms with E-state index in [9.17, 15) is 0 Å². The lowest BCUT2D eigenvalue weighted by atomic mass is 10.2. The van der Waals surface area contributed by atoms with Crippen LogP contribution in [0, 0.1) is 0 Å². The molecule has 0 atom stereocenters. The molecular weight excluding hydrogens is 160 g/mol. The highest BCUT2D eigenvalue weighted by Gasteiger charge is 1.76. The number of hydrogen-bond donors (Lipinski definition) is 1. The van der Waals surface area contributed by atoms with Gasteiger partial charge in [-0.25, -0.2) is 0 Å². The summed E-state index contributed by atoms with van der Waals surface area (Å²) in [5, 5.41) is 8.49. The van der Waals surface area contributed by atoms with Crippen LogP contribution in [0.1, 0.15) is 32.6 Å². The zero-order valence-electron chi connectivity index (χ0n) is 8.45. The van der Waals surface area contributed by atoms with Crippen LogP contribution in [0.15, 0.2) is 36.5 Å². The first-order chi connectivity index (χ1) is 6.41. The number of unbranched alkanes of at least 4 members (excludes halogenated alkanes) is 1. The van der Waals surface area contributed by atoms with Gasteiger partial charge in [-0.15, -0.1) is 0 Å². The van der Waals surface area contributed by atoms with Crippen molar-refractivity contribution >= 4 is 0 Å². The van der Waals surface area contributed by atoms with Crippen LogP contribution in [-0.2, 0) is 0 Å². The summed E-state index contributed by atoms with van der Waals surface area (Å²) in [6.07, 6.45) is 16.6. The van der Waals surface area contributed by atoms with Crippen molar-refractivity contribution in [1.29, 1.82) is 0 Å². The fraction of sp³-hybridized carbons (Fsp3) is 0.500. The molecule has 0 bridgehead atoms. The Morgan fingerprint density at radius 3 is 2.15 bits per heavy atom. The van der Waals surface area contributed by atoms with Gasteiger partial charge in [0.25, 0.3) is 0 Å². The quantitative estimate of drug-likeness (QED) is 0.362. The van der Waals surface area contributed by atoms with Crippen molar-refractivity contribution in [1.82, 2.24) is 0 Å². The molecule has 0 heterocycles. The van der Waals surface area contributed by atoms with Crippen molar-refractivity contribution in [2.45, 2.75) is 32.6 Å². The second kappa shape index (κ2) is 11.2. The van der Waals surface area contributed by atoms with E-state index < -0.39 is 0 Å². The van der Waals surface area contributed by atoms with Crippen LogP contribution in [0.4, 0.5) is 0 Å². The van der Waals surface area contributed by atoms with E-state index in [4.69, 9.17) is 5.11 Å². The summed E-state index contributed by atoms with van der Waals surface area (Å²) in [5.74, 6) is 0. The van der Waals surface area contributed by atoms with Gasteiger partial charge in [-0.2, -0.15) is 0 Å². The van der Waals surface area contributed by atoms with E-state index in [0.717, 1.165) is 25.7 Å². The Kier molecular flexibility index (Phi) is 10.5. The molecular formula is C12H20O. The van der Waals surface area contributed by atoms with Crippen LogP contribution >= 0.6 is 0 Å². The topological polar surface area (TPSA) is 20.2 Å². The normalized spacial score (nSPS) is 12.5. The summed E-state index contributed by atoms with van der Waals surface area (Å²) in [6, 6.07) is 0. The third-order valence-corrected chi connectivity index (χ3v) is 1.58. The van der Waals surface area contributed by atoms with Gasteiger partial charge in [0.2, 0.25) is 0 Å². The van der Waals surface area contributed by atoms with Gasteiger partial charge >= 0.3 is 0 Å². The lowest BCUT2D eigenvalue weighted by molar-refractivity contribution is 0.302. The molecule has 0 aliphatic carbocycles. The highest BCUT2D eigenvalue weighted by Crippen LogP contribution is 1.94. The van der Waals surface area contributed by atoms with Crippen LogP contribution < -0.4 is 0 Å². The second-order valence-electron chi connectivity index (χ2n) is 2.83. The Bertz CT molecular complexity index is 166. The Labute approximate surface area is 81.5 Å². The molecule has 0 aliphatic heterocycles. The van der Waals surface area contributed by atoms with Crippen molar-refractivity contribution < 1.29 is 5.11 Å². The van der Waals surface area contributed by atoms with Crippen molar-refractivity contribution in [2.75, 3.05) is 6.61 Å². The lowest BCUT2D eigenvalue weighted by Crippen LogP contribution is -1.75. The summed E-state index contributed by atoms with van der Waals surface area (Å²) >= 11 is 0. The second-order valence-corrected chi connectivity index (χ2v) is 2.83. The Hall–Kier alpha value is -0.820. The van der Waals surface area contributed by atoms with Crippen LogP contribution in [0.5, 0.6) is 0 Å². The van der Waals surface area contributed by atoms with E-state index in [0.29, 0.717) is 0 Å². The van der Waals surface area contributed by atoms with Crippen LogP contribution in [0.2, 0.25) is 0 Å². The number of allylic oxidation sites excluding steroid dienone is 5. The first-order valence-electron chi connectivity index (χ1n) is 4.99. The Balaban J connectivity index is 3.24. The summed E-state index contributed by atoms with van der Waals surface area (Å²) in [7, 11) is 0. The van der Waals surface area contributed by atoms with Crippen LogP contribution in [0.25, 0.3) is 0 Å². The van der Waals surface area contributed by atoms with Crippen LogP contribution in [-0.4, -0.2) is 11.7 Å². The molecule has 0 aliphatic rings. The van der Waals surface area contributed by atoms with Crippen molar-refractivity contribution in [3.8, 4) is 0 Å². The first kappa shape index (κ1) is 12.2. The highest BCUT2D eigenvalue weighted by atomic mass is 16.2. The molecule has 0 aromatic heterocycles. The predicted octanol–water partition coefficient (Wildman–Crippen LogP) is 3.23. The zero-order valence-corrected chi connectivity index (χ0v) is 8.45. The van der Waals surface area contributed by atoms with Gasteiger partial charge in [-0.1, -0.05) is 43.4 Å². The van der Waals surface area contributed by atoms with Gasteiger partial charge in [0.1, 0.15) is 0 Å². The third kappa shape index (κ3) is 11.2. The maximum absolute atomic E-state index is 8.49. The van der Waals surface area contributed by atoms with Gasteiger partial charge in [-0.05, 0) is 25.7 Å².